The Labute approximate surface area is 150 Å². The number of rotatable bonds is 7. The number of piperidine rings is 1. The van der Waals surface area contributed by atoms with Crippen LogP contribution in [0.1, 0.15) is 59.6 Å². The van der Waals surface area contributed by atoms with Crippen molar-refractivity contribution < 1.29 is 4.79 Å². The van der Waals surface area contributed by atoms with Crippen molar-refractivity contribution in [1.29, 1.82) is 0 Å². The van der Waals surface area contributed by atoms with Crippen molar-refractivity contribution in [3.63, 3.8) is 0 Å². The molecular weight excluding hydrogens is 320 g/mol. The van der Waals surface area contributed by atoms with Gasteiger partial charge in [-0.1, -0.05) is 13.8 Å². The van der Waals surface area contributed by atoms with Gasteiger partial charge in [-0.3, -0.25) is 9.69 Å². The van der Waals surface area contributed by atoms with Crippen LogP contribution in [-0.2, 0) is 11.2 Å². The van der Waals surface area contributed by atoms with Crippen LogP contribution in [-0.4, -0.2) is 46.5 Å². The third-order valence-corrected chi connectivity index (χ3v) is 5.87. The number of nitrogens with one attached hydrogen (secondary N) is 2. The minimum atomic E-state index is -0.132. The number of aromatic nitrogens is 1. The summed E-state index contributed by atoms with van der Waals surface area (Å²) in [5, 5.41) is 9.86. The number of likely N-dealkylation sites (tertiary alicyclic amines) is 1. The first-order chi connectivity index (χ1) is 11.3. The molecule has 1 fully saturated rings. The molecule has 0 radical (unpaired) electrons. The van der Waals surface area contributed by atoms with Gasteiger partial charge in [-0.25, -0.2) is 4.98 Å². The van der Waals surface area contributed by atoms with Crippen molar-refractivity contribution in [1.82, 2.24) is 15.2 Å². The van der Waals surface area contributed by atoms with Gasteiger partial charge in [0.2, 0.25) is 5.91 Å². The van der Waals surface area contributed by atoms with E-state index in [0.717, 1.165) is 49.6 Å². The minimum Gasteiger partial charge on any atom is -0.359 e. The van der Waals surface area contributed by atoms with Gasteiger partial charge in [-0.2, -0.15) is 0 Å². The van der Waals surface area contributed by atoms with E-state index in [1.54, 1.807) is 11.3 Å². The van der Waals surface area contributed by atoms with Crippen LogP contribution in [0.3, 0.4) is 0 Å². The Morgan fingerprint density at radius 3 is 2.62 bits per heavy atom. The highest BCUT2D eigenvalue weighted by Crippen LogP contribution is 2.21. The first-order valence-electron chi connectivity index (χ1n) is 9.11. The minimum absolute atomic E-state index is 0.0664. The third-order valence-electron chi connectivity index (χ3n) is 5.04. The van der Waals surface area contributed by atoms with E-state index in [2.05, 4.69) is 53.6 Å². The van der Waals surface area contributed by atoms with Gasteiger partial charge < -0.3 is 10.6 Å². The number of carbonyl (C=O) groups is 1. The second-order valence-electron chi connectivity index (χ2n) is 7.35. The molecule has 6 heteroatoms. The van der Waals surface area contributed by atoms with Gasteiger partial charge in [0.15, 0.2) is 5.13 Å². The van der Waals surface area contributed by atoms with E-state index >= 15 is 0 Å². The second kappa shape index (κ2) is 8.30. The van der Waals surface area contributed by atoms with E-state index in [4.69, 9.17) is 0 Å². The molecule has 0 aliphatic carbocycles. The van der Waals surface area contributed by atoms with Gasteiger partial charge in [0.1, 0.15) is 0 Å². The maximum absolute atomic E-state index is 12.4. The normalized spacial score (nSPS) is 18.4. The average molecular weight is 353 g/mol. The molecule has 0 bridgehead atoms. The van der Waals surface area contributed by atoms with Gasteiger partial charge in [0.05, 0.1) is 11.7 Å². The summed E-state index contributed by atoms with van der Waals surface area (Å²) < 4.78 is 0. The molecule has 0 spiro atoms. The largest absolute Gasteiger partial charge is 0.359 e. The summed E-state index contributed by atoms with van der Waals surface area (Å²) in [7, 11) is 0. The average Bonchev–Trinajstić information content (AvgIpc) is 3.02. The zero-order chi connectivity index (χ0) is 17.7. The van der Waals surface area contributed by atoms with E-state index in [-0.39, 0.29) is 17.5 Å². The quantitative estimate of drug-likeness (QED) is 0.791. The molecule has 136 valence electrons. The zero-order valence-corrected chi connectivity index (χ0v) is 16.5. The summed E-state index contributed by atoms with van der Waals surface area (Å²) in [6.45, 7) is 12.3. The molecule has 1 aromatic heterocycles. The van der Waals surface area contributed by atoms with E-state index < -0.39 is 0 Å². The van der Waals surface area contributed by atoms with Crippen LogP contribution in [0.2, 0.25) is 0 Å². The van der Waals surface area contributed by atoms with Crippen molar-refractivity contribution in [3.05, 3.63) is 11.1 Å². The summed E-state index contributed by atoms with van der Waals surface area (Å²) in [5.74, 6) is 0.140. The van der Waals surface area contributed by atoms with E-state index in [9.17, 15) is 4.79 Å². The number of anilines is 1. The monoisotopic (exact) mass is 352 g/mol. The smallest absolute Gasteiger partial charge is 0.237 e. The molecule has 1 atom stereocenters. The molecule has 24 heavy (non-hydrogen) atoms. The lowest BCUT2D eigenvalue weighted by molar-refractivity contribution is -0.128. The highest BCUT2D eigenvalue weighted by Gasteiger charge is 2.29. The maximum atomic E-state index is 12.4. The number of hydrogen-bond acceptors (Lipinski definition) is 5. The lowest BCUT2D eigenvalue weighted by atomic mass is 10.00. The highest BCUT2D eigenvalue weighted by molar-refractivity contribution is 7.13. The number of thiazole rings is 1. The summed E-state index contributed by atoms with van der Waals surface area (Å²) >= 11 is 1.69. The molecule has 1 amide bonds. The predicted octanol–water partition coefficient (Wildman–Crippen LogP) is 3.28. The van der Waals surface area contributed by atoms with E-state index in [0.29, 0.717) is 6.04 Å². The fraction of sp³-hybridized carbons (Fsp3) is 0.778. The molecular formula is C18H32N4OS. The molecule has 1 aromatic rings. The highest BCUT2D eigenvalue weighted by atomic mass is 32.1. The number of amides is 1. The fourth-order valence-corrected chi connectivity index (χ4v) is 3.71. The SMILES string of the molecule is CCc1csc(NC2CCN([C@H](C)C(=O)NC(C)(C)CC)CC2)n1. The van der Waals surface area contributed by atoms with Crippen LogP contribution in [0.15, 0.2) is 5.38 Å². The standard InChI is InChI=1S/C18H32N4OS/c1-6-14-12-24-17(19-14)20-15-8-10-22(11-9-15)13(3)16(23)21-18(4,5)7-2/h12-13,15H,6-11H2,1-5H3,(H,19,20)(H,21,23)/t13-/m1/s1. The fourth-order valence-electron chi connectivity index (χ4n) is 2.83. The number of carbonyl (C=O) groups excluding carboxylic acids is 1. The molecule has 2 heterocycles. The molecule has 2 N–H and O–H groups in total. The van der Waals surface area contributed by atoms with Crippen LogP contribution in [0.5, 0.6) is 0 Å². The Morgan fingerprint density at radius 1 is 1.42 bits per heavy atom. The molecule has 0 saturated carbocycles. The van der Waals surface area contributed by atoms with Crippen molar-refractivity contribution in [3.8, 4) is 0 Å². The Morgan fingerprint density at radius 2 is 2.08 bits per heavy atom. The molecule has 0 unspecified atom stereocenters. The first-order valence-corrected chi connectivity index (χ1v) is 9.99. The molecule has 1 aliphatic rings. The maximum Gasteiger partial charge on any atom is 0.237 e. The van der Waals surface area contributed by atoms with Gasteiger partial charge >= 0.3 is 0 Å². The van der Waals surface area contributed by atoms with Gasteiger partial charge in [-0.05, 0) is 46.5 Å². The van der Waals surface area contributed by atoms with Crippen LogP contribution < -0.4 is 10.6 Å². The number of hydrogen-bond donors (Lipinski definition) is 2. The summed E-state index contributed by atoms with van der Waals surface area (Å²) in [4.78, 5) is 19.3. The molecule has 0 aromatic carbocycles. The van der Waals surface area contributed by atoms with Crippen molar-refractivity contribution >= 4 is 22.4 Å². The zero-order valence-electron chi connectivity index (χ0n) is 15.7. The molecule has 1 saturated heterocycles. The van der Waals surface area contributed by atoms with E-state index in [1.165, 1.54) is 0 Å². The van der Waals surface area contributed by atoms with Crippen LogP contribution >= 0.6 is 11.3 Å². The Kier molecular flexibility index (Phi) is 6.63. The Hall–Kier alpha value is -1.14. The molecule has 5 nitrogen and oxygen atoms in total. The van der Waals surface area contributed by atoms with Gasteiger partial charge in [0.25, 0.3) is 0 Å². The van der Waals surface area contributed by atoms with Crippen LogP contribution in [0.4, 0.5) is 5.13 Å². The van der Waals surface area contributed by atoms with Crippen molar-refractivity contribution in [2.45, 2.75) is 77.9 Å². The Balaban J connectivity index is 1.80. The topological polar surface area (TPSA) is 57.3 Å². The first kappa shape index (κ1) is 19.2. The van der Waals surface area contributed by atoms with Gasteiger partial charge in [0, 0.05) is 30.1 Å². The lowest BCUT2D eigenvalue weighted by Gasteiger charge is -2.37. The lowest BCUT2D eigenvalue weighted by Crippen LogP contribution is -2.54. The van der Waals surface area contributed by atoms with Crippen LogP contribution in [0, 0.1) is 0 Å². The summed E-state index contributed by atoms with van der Waals surface area (Å²) in [6, 6.07) is 0.391. The summed E-state index contributed by atoms with van der Waals surface area (Å²) in [5.41, 5.74) is 1.02. The van der Waals surface area contributed by atoms with E-state index in [1.807, 2.05) is 6.92 Å². The number of aryl methyl sites for hydroxylation is 1. The molecule has 2 rings (SSSR count). The van der Waals surface area contributed by atoms with Crippen molar-refractivity contribution in [2.75, 3.05) is 18.4 Å². The Bertz CT molecular complexity index is 535. The second-order valence-corrected chi connectivity index (χ2v) is 8.21. The third kappa shape index (κ3) is 5.18. The molecule has 1 aliphatic heterocycles. The van der Waals surface area contributed by atoms with Crippen LogP contribution in [0.25, 0.3) is 0 Å². The van der Waals surface area contributed by atoms with Crippen molar-refractivity contribution in [2.24, 2.45) is 0 Å². The predicted molar refractivity (Wildman–Crippen MR) is 102 cm³/mol. The van der Waals surface area contributed by atoms with Gasteiger partial charge in [-0.15, -0.1) is 11.3 Å². The summed E-state index contributed by atoms with van der Waals surface area (Å²) in [6.07, 6.45) is 4.02. The number of nitrogens with zero attached hydrogens (tertiary/aromatic N) is 2.